The van der Waals surface area contributed by atoms with E-state index >= 15 is 0 Å². The number of aryl methyl sites for hydroxylation is 1. The zero-order valence-electron chi connectivity index (χ0n) is 12.9. The van der Waals surface area contributed by atoms with Crippen LogP contribution in [0.25, 0.3) is 11.1 Å². The molecular formula is C17H10F2N4OS. The Morgan fingerprint density at radius 1 is 1.12 bits per heavy atom. The van der Waals surface area contributed by atoms with Crippen LogP contribution in [0, 0.1) is 29.9 Å². The summed E-state index contributed by atoms with van der Waals surface area (Å²) in [7, 11) is 0. The summed E-state index contributed by atoms with van der Waals surface area (Å²) in [6.07, 6.45) is 0. The van der Waals surface area contributed by atoms with E-state index in [9.17, 15) is 13.6 Å². The Balaban J connectivity index is 1.93. The molecule has 3 aromatic rings. The first-order chi connectivity index (χ1) is 11.9. The average molecular weight is 356 g/mol. The number of carbonyl (C=O) groups is 1. The van der Waals surface area contributed by atoms with Gasteiger partial charge in [-0.3, -0.25) is 10.1 Å². The van der Waals surface area contributed by atoms with Gasteiger partial charge in [0.2, 0.25) is 0 Å². The minimum Gasteiger partial charge on any atom is -0.296 e. The van der Waals surface area contributed by atoms with Crippen molar-refractivity contribution >= 4 is 22.4 Å². The lowest BCUT2D eigenvalue weighted by Crippen LogP contribution is -2.14. The van der Waals surface area contributed by atoms with Gasteiger partial charge in [-0.1, -0.05) is 0 Å². The van der Waals surface area contributed by atoms with E-state index in [4.69, 9.17) is 5.26 Å². The second-order valence-corrected chi connectivity index (χ2v) is 6.00. The number of aromatic nitrogens is 2. The number of hydrogen-bond acceptors (Lipinski definition) is 5. The molecule has 0 atom stereocenters. The highest BCUT2D eigenvalue weighted by molar-refractivity contribution is 7.14. The van der Waals surface area contributed by atoms with Crippen LogP contribution in [0.5, 0.6) is 0 Å². The largest absolute Gasteiger partial charge is 0.296 e. The Morgan fingerprint density at radius 2 is 1.80 bits per heavy atom. The number of nitrogens with one attached hydrogen (secondary N) is 1. The molecule has 0 aliphatic rings. The van der Waals surface area contributed by atoms with Crippen LogP contribution in [0.1, 0.15) is 21.9 Å². The first-order valence-electron chi connectivity index (χ1n) is 7.07. The molecule has 2 heterocycles. The molecule has 5 nitrogen and oxygen atoms in total. The summed E-state index contributed by atoms with van der Waals surface area (Å²) >= 11 is 1.11. The van der Waals surface area contributed by atoms with Crippen molar-refractivity contribution < 1.29 is 13.6 Å². The molecule has 1 N–H and O–H groups in total. The molecule has 0 bridgehead atoms. The first-order valence-corrected chi connectivity index (χ1v) is 7.95. The summed E-state index contributed by atoms with van der Waals surface area (Å²) in [5, 5.41) is 13.1. The predicted octanol–water partition coefficient (Wildman–Crippen LogP) is 3.92. The van der Waals surface area contributed by atoms with Crippen molar-refractivity contribution in [3.63, 3.8) is 0 Å². The Kier molecular flexibility index (Phi) is 4.50. The summed E-state index contributed by atoms with van der Waals surface area (Å²) in [5.41, 5.74) is 1.57. The third-order valence-corrected chi connectivity index (χ3v) is 3.98. The molecule has 0 fully saturated rings. The van der Waals surface area contributed by atoms with Gasteiger partial charge in [-0.15, -0.1) is 11.3 Å². The van der Waals surface area contributed by atoms with Crippen LogP contribution >= 0.6 is 11.3 Å². The zero-order chi connectivity index (χ0) is 18.0. The number of amides is 1. The number of nitrogens with zero attached hydrogens (tertiary/aromatic N) is 3. The Morgan fingerprint density at radius 3 is 2.44 bits per heavy atom. The molecule has 0 aliphatic carbocycles. The van der Waals surface area contributed by atoms with E-state index in [0.717, 1.165) is 17.4 Å². The molecule has 124 valence electrons. The van der Waals surface area contributed by atoms with E-state index in [2.05, 4.69) is 15.3 Å². The molecule has 25 heavy (non-hydrogen) atoms. The van der Waals surface area contributed by atoms with Gasteiger partial charge in [0.15, 0.2) is 10.8 Å². The van der Waals surface area contributed by atoms with Gasteiger partial charge < -0.3 is 0 Å². The number of carbonyl (C=O) groups excluding carboxylic acids is 1. The lowest BCUT2D eigenvalue weighted by Gasteiger charge is -2.07. The third kappa shape index (κ3) is 3.84. The normalized spacial score (nSPS) is 10.3. The van der Waals surface area contributed by atoms with Crippen molar-refractivity contribution in [2.45, 2.75) is 6.92 Å². The van der Waals surface area contributed by atoms with Crippen LogP contribution in [0.3, 0.4) is 0 Å². The van der Waals surface area contributed by atoms with Crippen LogP contribution in [0.15, 0.2) is 35.7 Å². The number of halogens is 2. The molecule has 3 rings (SSSR count). The van der Waals surface area contributed by atoms with Crippen molar-refractivity contribution in [2.24, 2.45) is 0 Å². The van der Waals surface area contributed by atoms with E-state index < -0.39 is 17.5 Å². The monoisotopic (exact) mass is 356 g/mol. The van der Waals surface area contributed by atoms with E-state index in [-0.39, 0.29) is 16.5 Å². The highest BCUT2D eigenvalue weighted by atomic mass is 32.1. The highest BCUT2D eigenvalue weighted by Crippen LogP contribution is 2.24. The molecule has 0 spiro atoms. The fraction of sp³-hybridized carbons (Fsp3) is 0.0588. The Bertz CT molecular complexity index is 990. The average Bonchev–Trinajstić information content (AvgIpc) is 3.01. The van der Waals surface area contributed by atoms with Crippen molar-refractivity contribution in [3.05, 3.63) is 64.4 Å². The van der Waals surface area contributed by atoms with Crippen LogP contribution < -0.4 is 5.32 Å². The van der Waals surface area contributed by atoms with E-state index in [1.165, 1.54) is 23.6 Å². The summed E-state index contributed by atoms with van der Waals surface area (Å²) in [5.74, 6) is -1.94. The maximum atomic E-state index is 13.4. The van der Waals surface area contributed by atoms with Crippen LogP contribution in [-0.2, 0) is 0 Å². The fourth-order valence-corrected chi connectivity index (χ4v) is 2.85. The second kappa shape index (κ2) is 6.75. The highest BCUT2D eigenvalue weighted by Gasteiger charge is 2.13. The van der Waals surface area contributed by atoms with Gasteiger partial charge in [-0.25, -0.2) is 18.7 Å². The number of rotatable bonds is 3. The fourth-order valence-electron chi connectivity index (χ4n) is 2.22. The minimum absolute atomic E-state index is 0.0772. The third-order valence-electron chi connectivity index (χ3n) is 3.22. The van der Waals surface area contributed by atoms with Crippen molar-refractivity contribution in [3.8, 4) is 17.2 Å². The molecule has 0 unspecified atom stereocenters. The van der Waals surface area contributed by atoms with E-state index in [1.807, 2.05) is 6.07 Å². The molecule has 8 heteroatoms. The molecule has 1 aromatic carbocycles. The van der Waals surface area contributed by atoms with E-state index in [1.54, 1.807) is 13.0 Å². The predicted molar refractivity (Wildman–Crippen MR) is 89.1 cm³/mol. The summed E-state index contributed by atoms with van der Waals surface area (Å²) < 4.78 is 26.9. The quantitative estimate of drug-likeness (QED) is 0.771. The SMILES string of the molecule is Cc1cc(-c2cc(F)cc(F)c2)cc(C(=O)Nc2nc(C#N)cs2)n1. The lowest BCUT2D eigenvalue weighted by molar-refractivity contribution is 0.102. The van der Waals surface area contributed by atoms with Crippen LogP contribution in [-0.4, -0.2) is 15.9 Å². The number of anilines is 1. The molecule has 1 amide bonds. The zero-order valence-corrected chi connectivity index (χ0v) is 13.7. The van der Waals surface area contributed by atoms with Gasteiger partial charge in [0.05, 0.1) is 0 Å². The molecule has 0 saturated carbocycles. The Labute approximate surface area is 145 Å². The second-order valence-electron chi connectivity index (χ2n) is 5.14. The lowest BCUT2D eigenvalue weighted by atomic mass is 10.0. The topological polar surface area (TPSA) is 78.7 Å². The molecular weight excluding hydrogens is 346 g/mol. The number of nitriles is 1. The van der Waals surface area contributed by atoms with Crippen LogP contribution in [0.4, 0.5) is 13.9 Å². The minimum atomic E-state index is -0.706. The molecule has 0 aliphatic heterocycles. The van der Waals surface area contributed by atoms with Gasteiger partial charge in [0, 0.05) is 17.1 Å². The number of benzene rings is 1. The van der Waals surface area contributed by atoms with Gasteiger partial charge in [0.1, 0.15) is 23.4 Å². The maximum Gasteiger partial charge on any atom is 0.276 e. The summed E-state index contributed by atoms with van der Waals surface area (Å²) in [4.78, 5) is 20.4. The van der Waals surface area contributed by atoms with Crippen LogP contribution in [0.2, 0.25) is 0 Å². The number of pyridine rings is 1. The van der Waals surface area contributed by atoms with Crippen molar-refractivity contribution in [1.82, 2.24) is 9.97 Å². The summed E-state index contributed by atoms with van der Waals surface area (Å²) in [6, 6.07) is 8.08. The summed E-state index contributed by atoms with van der Waals surface area (Å²) in [6.45, 7) is 1.67. The smallest absolute Gasteiger partial charge is 0.276 e. The van der Waals surface area contributed by atoms with Gasteiger partial charge in [-0.05, 0) is 42.3 Å². The maximum absolute atomic E-state index is 13.4. The molecule has 2 aromatic heterocycles. The standard InChI is InChI=1S/C17H10F2N4OS/c1-9-2-10(11-3-12(18)6-13(19)4-11)5-15(21-9)16(24)23-17-22-14(7-20)8-25-17/h2-6,8H,1H3,(H,22,23,24). The first kappa shape index (κ1) is 16.7. The van der Waals surface area contributed by atoms with Crippen molar-refractivity contribution in [1.29, 1.82) is 5.26 Å². The van der Waals surface area contributed by atoms with Gasteiger partial charge in [-0.2, -0.15) is 5.26 Å². The van der Waals surface area contributed by atoms with E-state index in [0.29, 0.717) is 16.8 Å². The molecule has 0 radical (unpaired) electrons. The number of thiazole rings is 1. The van der Waals surface area contributed by atoms with Gasteiger partial charge >= 0.3 is 0 Å². The number of hydrogen-bond donors (Lipinski definition) is 1. The molecule has 0 saturated heterocycles. The van der Waals surface area contributed by atoms with Gasteiger partial charge in [0.25, 0.3) is 5.91 Å². The Hall–Kier alpha value is -3.18. The van der Waals surface area contributed by atoms with Crippen molar-refractivity contribution in [2.75, 3.05) is 5.32 Å².